The summed E-state index contributed by atoms with van der Waals surface area (Å²) in [5, 5.41) is 10.6. The summed E-state index contributed by atoms with van der Waals surface area (Å²) in [5.74, 6) is -0.609. The van der Waals surface area contributed by atoms with Crippen molar-refractivity contribution in [2.75, 3.05) is 39.6 Å². The molecule has 534 valence electrons. The van der Waals surface area contributed by atoms with Gasteiger partial charge in [0.2, 0.25) is 0 Å². The molecule has 0 aromatic heterocycles. The molecule has 0 aliphatic rings. The predicted octanol–water partition coefficient (Wildman–Crippen LogP) is 20.4. The van der Waals surface area contributed by atoms with Crippen molar-refractivity contribution in [1.29, 1.82) is 0 Å². The number of rotatable bonds is 70. The van der Waals surface area contributed by atoms with Gasteiger partial charge in [0.15, 0.2) is 12.2 Å². The first-order valence-electron chi connectivity index (χ1n) is 37.0. The molecule has 0 fully saturated rings. The van der Waals surface area contributed by atoms with E-state index in [1.807, 2.05) is 0 Å². The van der Waals surface area contributed by atoms with Crippen LogP contribution in [0.15, 0.2) is 0 Å². The van der Waals surface area contributed by atoms with Crippen molar-refractivity contribution < 1.29 is 80.2 Å². The maximum absolute atomic E-state index is 13.0. The highest BCUT2D eigenvalue weighted by atomic mass is 31.2. The monoisotopic (exact) mass is 1320 g/mol. The number of hydrogen-bond donors (Lipinski definition) is 3. The third-order valence-electron chi connectivity index (χ3n) is 16.5. The Hall–Kier alpha value is -1.94. The van der Waals surface area contributed by atoms with E-state index in [1.54, 1.807) is 0 Å². The van der Waals surface area contributed by atoms with E-state index in [1.165, 1.54) is 180 Å². The Morgan fingerprint density at radius 3 is 0.756 bits per heavy atom. The minimum atomic E-state index is -4.95. The molecular weight excluding hydrogens is 1190 g/mol. The molecule has 0 aromatic carbocycles. The van der Waals surface area contributed by atoms with Gasteiger partial charge in [0.25, 0.3) is 0 Å². The van der Waals surface area contributed by atoms with Gasteiger partial charge in [-0.3, -0.25) is 37.3 Å². The average molecular weight is 1330 g/mol. The van der Waals surface area contributed by atoms with Crippen LogP contribution in [-0.2, 0) is 65.4 Å². The summed E-state index contributed by atoms with van der Waals surface area (Å²) in [6.07, 6.45) is 48.5. The molecule has 0 aliphatic heterocycles. The number of unbranched alkanes of at least 4 members (excludes halogenated alkanes) is 40. The molecule has 0 saturated carbocycles. The number of carbonyl (C=O) groups is 4. The van der Waals surface area contributed by atoms with Gasteiger partial charge in [-0.2, -0.15) is 0 Å². The Morgan fingerprint density at radius 2 is 0.511 bits per heavy atom. The molecule has 0 rings (SSSR count). The summed E-state index contributed by atoms with van der Waals surface area (Å²) in [4.78, 5) is 72.6. The molecule has 2 unspecified atom stereocenters. The van der Waals surface area contributed by atoms with E-state index in [9.17, 15) is 43.2 Å². The van der Waals surface area contributed by atoms with Crippen molar-refractivity contribution in [1.82, 2.24) is 0 Å². The van der Waals surface area contributed by atoms with E-state index in [0.29, 0.717) is 25.7 Å². The van der Waals surface area contributed by atoms with E-state index in [4.69, 9.17) is 37.0 Å². The van der Waals surface area contributed by atoms with Gasteiger partial charge >= 0.3 is 39.5 Å². The largest absolute Gasteiger partial charge is 0.472 e. The van der Waals surface area contributed by atoms with Crippen molar-refractivity contribution >= 4 is 39.5 Å². The summed E-state index contributed by atoms with van der Waals surface area (Å²) in [5.41, 5.74) is 0. The quantitative estimate of drug-likeness (QED) is 0.0222. The van der Waals surface area contributed by atoms with Crippen LogP contribution in [0.1, 0.15) is 363 Å². The van der Waals surface area contributed by atoms with E-state index >= 15 is 0 Å². The minimum absolute atomic E-state index is 0.105. The maximum Gasteiger partial charge on any atom is 0.472 e. The third kappa shape index (κ3) is 64.8. The highest BCUT2D eigenvalue weighted by Gasteiger charge is 2.30. The molecule has 0 radical (unpaired) electrons. The molecule has 5 atom stereocenters. The van der Waals surface area contributed by atoms with Crippen LogP contribution in [0.2, 0.25) is 0 Å². The second-order valence-electron chi connectivity index (χ2n) is 26.6. The zero-order valence-corrected chi connectivity index (χ0v) is 60.2. The van der Waals surface area contributed by atoms with Crippen LogP contribution in [0, 0.1) is 11.8 Å². The zero-order valence-electron chi connectivity index (χ0n) is 58.4. The Kier molecular flexibility index (Phi) is 61.8. The molecule has 0 aromatic rings. The lowest BCUT2D eigenvalue weighted by Gasteiger charge is -2.21. The number of aliphatic hydroxyl groups excluding tert-OH is 1. The second-order valence-corrected chi connectivity index (χ2v) is 29.5. The van der Waals surface area contributed by atoms with E-state index in [0.717, 1.165) is 102 Å². The lowest BCUT2D eigenvalue weighted by Crippen LogP contribution is -2.30. The Morgan fingerprint density at radius 1 is 0.300 bits per heavy atom. The Balaban J connectivity index is 5.24. The number of phosphoric ester groups is 2. The summed E-state index contributed by atoms with van der Waals surface area (Å²) in [6, 6.07) is 0. The van der Waals surface area contributed by atoms with Crippen LogP contribution in [0.25, 0.3) is 0 Å². The molecule has 0 aliphatic carbocycles. The number of carbonyl (C=O) groups excluding carboxylic acids is 4. The highest BCUT2D eigenvalue weighted by Crippen LogP contribution is 2.45. The fourth-order valence-electron chi connectivity index (χ4n) is 10.8. The number of aliphatic hydroxyl groups is 1. The second kappa shape index (κ2) is 63.1. The Labute approximate surface area is 549 Å². The first-order valence-corrected chi connectivity index (χ1v) is 40.0. The summed E-state index contributed by atoms with van der Waals surface area (Å²) >= 11 is 0. The van der Waals surface area contributed by atoms with Gasteiger partial charge in [-0.25, -0.2) is 9.13 Å². The fraction of sp³-hybridized carbons (Fsp3) is 0.944. The van der Waals surface area contributed by atoms with Gasteiger partial charge in [0, 0.05) is 25.7 Å². The molecule has 0 heterocycles. The van der Waals surface area contributed by atoms with E-state index < -0.39 is 97.5 Å². The SMILES string of the molecule is CCCCCCCCCCCCCCCCC(=O)OC[C@H](COP(=O)(O)OC[C@@H](O)COP(=O)(O)OC[C@@H](COC(=O)CCCCCCCCCCC)OC(=O)CCCCCCCCCCCC(C)C)OC(=O)CCCCCCCCCCCCCCC(C)C. The predicted molar refractivity (Wildman–Crippen MR) is 363 cm³/mol. The van der Waals surface area contributed by atoms with Crippen LogP contribution in [0.5, 0.6) is 0 Å². The van der Waals surface area contributed by atoms with Gasteiger partial charge < -0.3 is 33.8 Å². The molecule has 19 heteroatoms. The molecule has 0 saturated heterocycles. The van der Waals surface area contributed by atoms with Crippen LogP contribution in [0.4, 0.5) is 0 Å². The van der Waals surface area contributed by atoms with Crippen molar-refractivity contribution in [3.05, 3.63) is 0 Å². The molecule has 0 bridgehead atoms. The van der Waals surface area contributed by atoms with Crippen LogP contribution < -0.4 is 0 Å². The van der Waals surface area contributed by atoms with Gasteiger partial charge in [-0.05, 0) is 37.5 Å². The molecule has 17 nitrogen and oxygen atoms in total. The number of ether oxygens (including phenoxy) is 4. The summed E-state index contributed by atoms with van der Waals surface area (Å²) < 4.78 is 68.3. The van der Waals surface area contributed by atoms with Crippen molar-refractivity contribution in [2.45, 2.75) is 381 Å². The topological polar surface area (TPSA) is 237 Å². The van der Waals surface area contributed by atoms with E-state index in [2.05, 4.69) is 41.5 Å². The minimum Gasteiger partial charge on any atom is -0.462 e. The van der Waals surface area contributed by atoms with Gasteiger partial charge in [0.05, 0.1) is 26.4 Å². The van der Waals surface area contributed by atoms with Crippen LogP contribution in [-0.4, -0.2) is 96.7 Å². The van der Waals surface area contributed by atoms with Gasteiger partial charge in [0.1, 0.15) is 19.3 Å². The molecule has 90 heavy (non-hydrogen) atoms. The molecular formula is C71H138O17P2. The van der Waals surface area contributed by atoms with Crippen LogP contribution in [0.3, 0.4) is 0 Å². The number of esters is 4. The fourth-order valence-corrected chi connectivity index (χ4v) is 12.3. The van der Waals surface area contributed by atoms with Gasteiger partial charge in [-0.1, -0.05) is 311 Å². The first kappa shape index (κ1) is 88.1. The lowest BCUT2D eigenvalue weighted by molar-refractivity contribution is -0.161. The van der Waals surface area contributed by atoms with Gasteiger partial charge in [-0.15, -0.1) is 0 Å². The lowest BCUT2D eigenvalue weighted by atomic mass is 10.0. The van der Waals surface area contributed by atoms with Crippen molar-refractivity contribution in [3.63, 3.8) is 0 Å². The number of phosphoric acid groups is 2. The number of hydrogen-bond acceptors (Lipinski definition) is 15. The van der Waals surface area contributed by atoms with Crippen LogP contribution >= 0.6 is 15.6 Å². The summed E-state index contributed by atoms with van der Waals surface area (Å²) in [6.45, 7) is 9.53. The average Bonchev–Trinajstić information content (AvgIpc) is 3.34. The maximum atomic E-state index is 13.0. The zero-order chi connectivity index (χ0) is 66.5. The summed E-state index contributed by atoms with van der Waals surface area (Å²) in [7, 11) is -9.90. The highest BCUT2D eigenvalue weighted by molar-refractivity contribution is 7.47. The normalized spacial score (nSPS) is 14.1. The van der Waals surface area contributed by atoms with E-state index in [-0.39, 0.29) is 25.7 Å². The molecule has 0 amide bonds. The first-order chi connectivity index (χ1) is 43.4. The Bertz CT molecular complexity index is 1750. The third-order valence-corrected chi connectivity index (χ3v) is 18.4. The smallest absolute Gasteiger partial charge is 0.462 e. The standard InChI is InChI=1S/C71H138O17P2/c1-7-9-11-13-15-17-18-19-20-24-30-36-42-48-54-69(74)82-60-67(87-70(75)55-49-43-37-31-25-22-21-23-28-33-39-45-51-63(3)4)62-86-90(79,80)84-58-65(72)57-83-89(77,78)85-61-66(59-81-68(73)53-47-41-35-27-16-14-12-10-8-2)88-71(76)56-50-44-38-32-26-29-34-40-46-52-64(5)6/h63-67,72H,7-62H2,1-6H3,(H,77,78)(H,79,80)/t65-,66+,67+/m0/s1. The van der Waals surface area contributed by atoms with Crippen molar-refractivity contribution in [3.8, 4) is 0 Å². The van der Waals surface area contributed by atoms with Crippen molar-refractivity contribution in [2.24, 2.45) is 11.8 Å². The molecule has 0 spiro atoms. The molecule has 3 N–H and O–H groups in total.